The Morgan fingerprint density at radius 2 is 2.17 bits per heavy atom. The van der Waals surface area contributed by atoms with Crippen molar-refractivity contribution < 1.29 is 9.90 Å². The van der Waals surface area contributed by atoms with E-state index < -0.39 is 6.09 Å². The molecule has 1 fully saturated rings. The van der Waals surface area contributed by atoms with E-state index in [1.165, 1.54) is 10.1 Å². The molecule has 4 heteroatoms. The zero-order chi connectivity index (χ0) is 12.3. The Morgan fingerprint density at radius 3 is 3.00 bits per heavy atom. The maximum Gasteiger partial charge on any atom is 0.416 e. The van der Waals surface area contributed by atoms with Crippen LogP contribution in [0.3, 0.4) is 0 Å². The number of benzene rings is 1. The molecule has 0 amide bonds. The average Bonchev–Trinajstić information content (AvgIpc) is 2.88. The molecule has 2 bridgehead atoms. The fourth-order valence-electron chi connectivity index (χ4n) is 3.57. The van der Waals surface area contributed by atoms with Gasteiger partial charge in [-0.2, -0.15) is 0 Å². The first-order chi connectivity index (χ1) is 8.75. The maximum absolute atomic E-state index is 11.5. The van der Waals surface area contributed by atoms with Crippen molar-refractivity contribution >= 4 is 17.0 Å². The molecule has 2 aromatic rings. The van der Waals surface area contributed by atoms with E-state index in [2.05, 4.69) is 11.0 Å². The summed E-state index contributed by atoms with van der Waals surface area (Å²) in [4.78, 5) is 13.9. The zero-order valence-electron chi connectivity index (χ0n) is 9.97. The predicted molar refractivity (Wildman–Crippen MR) is 68.0 cm³/mol. The molecular formula is C14H14N2O2. The van der Waals surface area contributed by atoms with Gasteiger partial charge in [0.05, 0.1) is 5.52 Å². The van der Waals surface area contributed by atoms with Crippen LogP contribution in [-0.4, -0.2) is 33.8 Å². The lowest BCUT2D eigenvalue weighted by atomic mass is 9.93. The van der Waals surface area contributed by atoms with Crippen LogP contribution in [0.2, 0.25) is 0 Å². The number of aromatic nitrogens is 1. The van der Waals surface area contributed by atoms with E-state index in [-0.39, 0.29) is 0 Å². The predicted octanol–water partition coefficient (Wildman–Crippen LogP) is 2.47. The van der Waals surface area contributed by atoms with Gasteiger partial charge in [0.2, 0.25) is 0 Å². The Bertz CT molecular complexity index is 659. The van der Waals surface area contributed by atoms with E-state index in [1.807, 2.05) is 18.2 Å². The number of hydrogen-bond donors (Lipinski definition) is 1. The Kier molecular flexibility index (Phi) is 1.89. The molecule has 0 radical (unpaired) electrons. The molecule has 2 unspecified atom stereocenters. The zero-order valence-corrected chi connectivity index (χ0v) is 9.97. The SMILES string of the molecule is O=C(O)n1c2c(c3ccccc31)C1CCN(C2)C1. The number of nitrogens with zero attached hydrogens (tertiary/aromatic N) is 2. The number of carbonyl (C=O) groups is 1. The Hall–Kier alpha value is -1.81. The summed E-state index contributed by atoms with van der Waals surface area (Å²) in [5.74, 6) is 0.513. The minimum Gasteiger partial charge on any atom is -0.464 e. The van der Waals surface area contributed by atoms with Crippen LogP contribution < -0.4 is 0 Å². The molecule has 92 valence electrons. The highest BCUT2D eigenvalue weighted by Crippen LogP contribution is 2.41. The molecule has 4 nitrogen and oxygen atoms in total. The molecule has 3 heterocycles. The van der Waals surface area contributed by atoms with Crippen LogP contribution in [0.1, 0.15) is 23.6 Å². The summed E-state index contributed by atoms with van der Waals surface area (Å²) in [6, 6.07) is 7.87. The smallest absolute Gasteiger partial charge is 0.416 e. The lowest BCUT2D eigenvalue weighted by molar-refractivity contribution is 0.194. The normalized spacial score (nSPS) is 25.3. The molecule has 0 aliphatic carbocycles. The highest BCUT2D eigenvalue weighted by molar-refractivity contribution is 5.93. The van der Waals surface area contributed by atoms with Gasteiger partial charge in [-0.1, -0.05) is 18.2 Å². The molecule has 1 aromatic heterocycles. The highest BCUT2D eigenvalue weighted by Gasteiger charge is 2.36. The van der Waals surface area contributed by atoms with Gasteiger partial charge in [0, 0.05) is 30.1 Å². The van der Waals surface area contributed by atoms with Gasteiger partial charge in [-0.25, -0.2) is 9.36 Å². The van der Waals surface area contributed by atoms with Crippen molar-refractivity contribution in [1.82, 2.24) is 9.47 Å². The van der Waals surface area contributed by atoms with Gasteiger partial charge < -0.3 is 5.11 Å². The number of para-hydroxylation sites is 1. The summed E-state index contributed by atoms with van der Waals surface area (Å²) in [5.41, 5.74) is 3.10. The lowest BCUT2D eigenvalue weighted by Crippen LogP contribution is -2.27. The molecule has 0 spiro atoms. The van der Waals surface area contributed by atoms with Crippen molar-refractivity contribution in [2.24, 2.45) is 0 Å². The third-order valence-electron chi connectivity index (χ3n) is 4.26. The molecule has 2 atom stereocenters. The first-order valence-electron chi connectivity index (χ1n) is 6.33. The second-order valence-electron chi connectivity index (χ2n) is 5.22. The van der Waals surface area contributed by atoms with Gasteiger partial charge in [-0.3, -0.25) is 4.90 Å². The van der Waals surface area contributed by atoms with Crippen molar-refractivity contribution in [1.29, 1.82) is 0 Å². The molecule has 4 rings (SSSR count). The van der Waals surface area contributed by atoms with Crippen molar-refractivity contribution in [3.05, 3.63) is 35.5 Å². The Balaban J connectivity index is 2.11. The van der Waals surface area contributed by atoms with E-state index >= 15 is 0 Å². The number of hydrogen-bond acceptors (Lipinski definition) is 2. The number of carboxylic acid groups (broad SMARTS) is 1. The van der Waals surface area contributed by atoms with Gasteiger partial charge in [0.1, 0.15) is 0 Å². The molecule has 2 aliphatic rings. The van der Waals surface area contributed by atoms with Crippen LogP contribution in [0.15, 0.2) is 24.3 Å². The van der Waals surface area contributed by atoms with E-state index in [1.54, 1.807) is 0 Å². The van der Waals surface area contributed by atoms with Gasteiger partial charge >= 0.3 is 6.09 Å². The van der Waals surface area contributed by atoms with Crippen molar-refractivity contribution in [3.8, 4) is 0 Å². The second-order valence-corrected chi connectivity index (χ2v) is 5.22. The molecule has 1 aromatic carbocycles. The maximum atomic E-state index is 11.5. The molecule has 0 saturated carbocycles. The number of fused-ring (bicyclic) bond motifs is 6. The fraction of sp³-hybridized carbons (Fsp3) is 0.357. The van der Waals surface area contributed by atoms with Crippen LogP contribution in [0.25, 0.3) is 10.9 Å². The van der Waals surface area contributed by atoms with Crippen LogP contribution in [-0.2, 0) is 6.54 Å². The van der Waals surface area contributed by atoms with Gasteiger partial charge in [0.15, 0.2) is 0 Å². The van der Waals surface area contributed by atoms with Gasteiger partial charge in [-0.05, 0) is 24.6 Å². The van der Waals surface area contributed by atoms with E-state index in [9.17, 15) is 9.90 Å². The monoisotopic (exact) mass is 242 g/mol. The third-order valence-corrected chi connectivity index (χ3v) is 4.26. The quantitative estimate of drug-likeness (QED) is 0.772. The Morgan fingerprint density at radius 1 is 1.33 bits per heavy atom. The summed E-state index contributed by atoms with van der Waals surface area (Å²) < 4.78 is 1.48. The lowest BCUT2D eigenvalue weighted by Gasteiger charge is -2.23. The van der Waals surface area contributed by atoms with Gasteiger partial charge in [-0.15, -0.1) is 0 Å². The molecule has 18 heavy (non-hydrogen) atoms. The standard InChI is InChI=1S/C14H14N2O2/c17-14(18)16-11-4-2-1-3-10(11)13-9-5-6-15(7-9)8-12(13)16/h1-4,9H,5-8H2,(H,17,18). The van der Waals surface area contributed by atoms with Crippen molar-refractivity contribution in [2.75, 3.05) is 13.1 Å². The topological polar surface area (TPSA) is 45.5 Å². The molecule has 2 aliphatic heterocycles. The van der Waals surface area contributed by atoms with Crippen molar-refractivity contribution in [3.63, 3.8) is 0 Å². The molecule has 1 saturated heterocycles. The summed E-state index contributed by atoms with van der Waals surface area (Å²) in [6.45, 7) is 2.95. The molecule has 1 N–H and O–H groups in total. The molecular weight excluding hydrogens is 228 g/mol. The number of rotatable bonds is 0. The summed E-state index contributed by atoms with van der Waals surface area (Å²) in [6.07, 6.45) is 0.288. The minimum atomic E-state index is -0.866. The summed E-state index contributed by atoms with van der Waals surface area (Å²) >= 11 is 0. The van der Waals surface area contributed by atoms with E-state index in [0.717, 1.165) is 42.7 Å². The van der Waals surface area contributed by atoms with Gasteiger partial charge in [0.25, 0.3) is 0 Å². The largest absolute Gasteiger partial charge is 0.464 e. The first-order valence-corrected chi connectivity index (χ1v) is 6.33. The average molecular weight is 242 g/mol. The van der Waals surface area contributed by atoms with Crippen molar-refractivity contribution in [2.45, 2.75) is 18.9 Å². The highest BCUT2D eigenvalue weighted by atomic mass is 16.4. The van der Waals surface area contributed by atoms with E-state index in [4.69, 9.17) is 0 Å². The van der Waals surface area contributed by atoms with Crippen LogP contribution >= 0.6 is 0 Å². The van der Waals surface area contributed by atoms with E-state index in [0.29, 0.717) is 5.92 Å². The Labute approximate surface area is 104 Å². The third kappa shape index (κ3) is 1.16. The summed E-state index contributed by atoms with van der Waals surface area (Å²) in [7, 11) is 0. The van der Waals surface area contributed by atoms with Crippen LogP contribution in [0.4, 0.5) is 4.79 Å². The van der Waals surface area contributed by atoms with Crippen LogP contribution in [0.5, 0.6) is 0 Å². The second kappa shape index (κ2) is 3.36. The first kappa shape index (κ1) is 10.1. The summed E-state index contributed by atoms with van der Waals surface area (Å²) in [5, 5.41) is 10.6. The minimum absolute atomic E-state index is 0.513. The fourth-order valence-corrected chi connectivity index (χ4v) is 3.57. The van der Waals surface area contributed by atoms with Crippen LogP contribution in [0, 0.1) is 0 Å².